The molecule has 2 aromatic carbocycles. The molecule has 3 heteroatoms. The summed E-state index contributed by atoms with van der Waals surface area (Å²) in [4.78, 5) is 0. The van der Waals surface area contributed by atoms with Gasteiger partial charge in [0.15, 0.2) is 0 Å². The lowest BCUT2D eigenvalue weighted by molar-refractivity contribution is 0.458. The number of phenolic OH excluding ortho intramolecular Hbond substituents is 2. The van der Waals surface area contributed by atoms with Crippen LogP contribution >= 0.6 is 0 Å². The highest BCUT2D eigenvalue weighted by atomic mass is 16.5. The largest absolute Gasteiger partial charge is 0.508 e. The lowest BCUT2D eigenvalue weighted by Gasteiger charge is -2.06. The first kappa shape index (κ1) is 10.9. The summed E-state index contributed by atoms with van der Waals surface area (Å²) in [6.45, 7) is 0. The van der Waals surface area contributed by atoms with E-state index >= 15 is 0 Å². The van der Waals surface area contributed by atoms with Crippen LogP contribution in [-0.2, 0) is 0 Å². The zero-order valence-electron chi connectivity index (χ0n) is 8.92. The number of benzene rings is 2. The van der Waals surface area contributed by atoms with Gasteiger partial charge in [-0.1, -0.05) is 5.92 Å². The molecule has 0 saturated heterocycles. The van der Waals surface area contributed by atoms with Crippen LogP contribution in [-0.4, -0.2) is 10.2 Å². The van der Waals surface area contributed by atoms with Crippen molar-refractivity contribution in [1.29, 1.82) is 0 Å². The SMILES string of the molecule is C#Cc1cc(Oc2ccc(O)cc2)ccc1O. The third-order valence-corrected chi connectivity index (χ3v) is 2.20. The highest BCUT2D eigenvalue weighted by Crippen LogP contribution is 2.27. The van der Waals surface area contributed by atoms with Gasteiger partial charge >= 0.3 is 0 Å². The predicted molar refractivity (Wildman–Crippen MR) is 64.2 cm³/mol. The molecule has 0 fully saturated rings. The van der Waals surface area contributed by atoms with Crippen LogP contribution in [0.3, 0.4) is 0 Å². The summed E-state index contributed by atoms with van der Waals surface area (Å²) < 4.78 is 5.51. The zero-order valence-corrected chi connectivity index (χ0v) is 8.92. The monoisotopic (exact) mass is 226 g/mol. The van der Waals surface area contributed by atoms with E-state index in [0.717, 1.165) is 0 Å². The Balaban J connectivity index is 2.25. The highest BCUT2D eigenvalue weighted by molar-refractivity contribution is 5.49. The molecule has 0 atom stereocenters. The van der Waals surface area contributed by atoms with Gasteiger partial charge in [-0.15, -0.1) is 6.42 Å². The van der Waals surface area contributed by atoms with Crippen LogP contribution in [0.15, 0.2) is 42.5 Å². The van der Waals surface area contributed by atoms with Crippen molar-refractivity contribution in [3.8, 4) is 35.3 Å². The Morgan fingerprint density at radius 2 is 1.59 bits per heavy atom. The van der Waals surface area contributed by atoms with Gasteiger partial charge in [-0.3, -0.25) is 0 Å². The van der Waals surface area contributed by atoms with Crippen molar-refractivity contribution in [2.24, 2.45) is 0 Å². The molecule has 17 heavy (non-hydrogen) atoms. The first-order chi connectivity index (χ1) is 8.19. The Labute approximate surface area is 98.9 Å². The second-order valence-corrected chi connectivity index (χ2v) is 3.42. The minimum absolute atomic E-state index is 0.0468. The number of aromatic hydroxyl groups is 2. The standard InChI is InChI=1S/C14H10O3/c1-2-10-9-13(7-8-14(10)16)17-12-5-3-11(15)4-6-12/h1,3-9,15-16H. The van der Waals surface area contributed by atoms with Gasteiger partial charge in [0.1, 0.15) is 23.0 Å². The van der Waals surface area contributed by atoms with Crippen LogP contribution in [0.2, 0.25) is 0 Å². The van der Waals surface area contributed by atoms with Crippen LogP contribution in [0.5, 0.6) is 23.0 Å². The average Bonchev–Trinajstić information content (AvgIpc) is 2.34. The van der Waals surface area contributed by atoms with Crippen LogP contribution in [0.1, 0.15) is 5.56 Å². The Hall–Kier alpha value is -2.60. The third-order valence-electron chi connectivity index (χ3n) is 2.20. The summed E-state index contributed by atoms with van der Waals surface area (Å²) in [5, 5.41) is 18.5. The molecule has 0 spiro atoms. The summed E-state index contributed by atoms with van der Waals surface area (Å²) in [5.41, 5.74) is 0.376. The van der Waals surface area contributed by atoms with Crippen LogP contribution in [0.4, 0.5) is 0 Å². The normalized spacial score (nSPS) is 9.59. The molecule has 84 valence electrons. The Morgan fingerprint density at radius 3 is 2.24 bits per heavy atom. The average molecular weight is 226 g/mol. The molecule has 0 radical (unpaired) electrons. The molecule has 0 heterocycles. The molecule has 0 unspecified atom stereocenters. The maximum absolute atomic E-state index is 9.41. The molecule has 0 aliphatic carbocycles. The number of ether oxygens (including phenoxy) is 1. The van der Waals surface area contributed by atoms with E-state index in [-0.39, 0.29) is 11.5 Å². The topological polar surface area (TPSA) is 49.7 Å². The van der Waals surface area contributed by atoms with E-state index in [9.17, 15) is 5.11 Å². The van der Waals surface area contributed by atoms with Gasteiger partial charge in [0, 0.05) is 6.07 Å². The first-order valence-electron chi connectivity index (χ1n) is 4.95. The number of phenols is 2. The van der Waals surface area contributed by atoms with Crippen LogP contribution in [0.25, 0.3) is 0 Å². The van der Waals surface area contributed by atoms with E-state index in [4.69, 9.17) is 16.3 Å². The fraction of sp³-hybridized carbons (Fsp3) is 0. The molecule has 0 bridgehead atoms. The van der Waals surface area contributed by atoms with Crippen molar-refractivity contribution in [2.75, 3.05) is 0 Å². The molecule has 2 rings (SSSR count). The Bertz CT molecular complexity index is 565. The number of rotatable bonds is 2. The minimum Gasteiger partial charge on any atom is -0.508 e. The smallest absolute Gasteiger partial charge is 0.131 e. The van der Waals surface area contributed by atoms with Gasteiger partial charge in [-0.25, -0.2) is 0 Å². The maximum atomic E-state index is 9.41. The molecule has 3 nitrogen and oxygen atoms in total. The molecule has 0 aromatic heterocycles. The second-order valence-electron chi connectivity index (χ2n) is 3.42. The minimum atomic E-state index is 0.0468. The summed E-state index contributed by atoms with van der Waals surface area (Å²) in [6.07, 6.45) is 5.23. The van der Waals surface area contributed by atoms with Crippen LogP contribution in [0, 0.1) is 12.3 Å². The second kappa shape index (κ2) is 4.50. The van der Waals surface area contributed by atoms with Gasteiger partial charge in [-0.2, -0.15) is 0 Å². The summed E-state index contributed by atoms with van der Waals surface area (Å²) in [5.74, 6) is 3.69. The fourth-order valence-electron chi connectivity index (χ4n) is 1.34. The number of hydrogen-bond acceptors (Lipinski definition) is 3. The quantitative estimate of drug-likeness (QED) is 0.774. The van der Waals surface area contributed by atoms with Gasteiger partial charge in [0.25, 0.3) is 0 Å². The van der Waals surface area contributed by atoms with E-state index in [1.165, 1.54) is 18.2 Å². The first-order valence-corrected chi connectivity index (χ1v) is 4.95. The molecule has 2 aromatic rings. The van der Waals surface area contributed by atoms with Crippen LogP contribution < -0.4 is 4.74 Å². The van der Waals surface area contributed by atoms with Gasteiger partial charge in [0.05, 0.1) is 5.56 Å². The summed E-state index contributed by atoms with van der Waals surface area (Å²) in [6, 6.07) is 11.0. The zero-order chi connectivity index (χ0) is 12.3. The molecular weight excluding hydrogens is 216 g/mol. The van der Waals surface area contributed by atoms with Crippen molar-refractivity contribution >= 4 is 0 Å². The molecule has 0 amide bonds. The summed E-state index contributed by atoms with van der Waals surface area (Å²) >= 11 is 0. The summed E-state index contributed by atoms with van der Waals surface area (Å²) in [7, 11) is 0. The van der Waals surface area contributed by atoms with E-state index in [1.807, 2.05) is 0 Å². The third kappa shape index (κ3) is 2.50. The van der Waals surface area contributed by atoms with E-state index < -0.39 is 0 Å². The molecule has 0 aliphatic heterocycles. The van der Waals surface area contributed by atoms with Crippen molar-refractivity contribution < 1.29 is 14.9 Å². The lowest BCUT2D eigenvalue weighted by Crippen LogP contribution is -1.85. The van der Waals surface area contributed by atoms with Crippen molar-refractivity contribution in [3.05, 3.63) is 48.0 Å². The van der Waals surface area contributed by atoms with Crippen molar-refractivity contribution in [1.82, 2.24) is 0 Å². The highest BCUT2D eigenvalue weighted by Gasteiger charge is 2.02. The van der Waals surface area contributed by atoms with E-state index in [2.05, 4.69) is 5.92 Å². The molecule has 2 N–H and O–H groups in total. The molecule has 0 saturated carbocycles. The molecular formula is C14H10O3. The van der Waals surface area contributed by atoms with Gasteiger partial charge < -0.3 is 14.9 Å². The fourth-order valence-corrected chi connectivity index (χ4v) is 1.34. The Morgan fingerprint density at radius 1 is 0.941 bits per heavy atom. The van der Waals surface area contributed by atoms with E-state index in [1.54, 1.807) is 24.3 Å². The number of terminal acetylenes is 1. The predicted octanol–water partition coefficient (Wildman–Crippen LogP) is 2.87. The van der Waals surface area contributed by atoms with Crippen molar-refractivity contribution in [3.63, 3.8) is 0 Å². The van der Waals surface area contributed by atoms with Gasteiger partial charge in [0.2, 0.25) is 0 Å². The van der Waals surface area contributed by atoms with Gasteiger partial charge in [-0.05, 0) is 36.4 Å². The van der Waals surface area contributed by atoms with E-state index in [0.29, 0.717) is 17.1 Å². The lowest BCUT2D eigenvalue weighted by atomic mass is 10.2. The number of hydrogen-bond donors (Lipinski definition) is 2. The Kier molecular flexibility index (Phi) is 2.89. The van der Waals surface area contributed by atoms with Crippen molar-refractivity contribution in [2.45, 2.75) is 0 Å². The molecule has 0 aliphatic rings. The maximum Gasteiger partial charge on any atom is 0.131 e.